The second kappa shape index (κ2) is 10.3. The zero-order chi connectivity index (χ0) is 12.4. The minimum absolute atomic E-state index is 0.557. The first-order valence-electron chi connectivity index (χ1n) is 6.68. The van der Waals surface area contributed by atoms with Gasteiger partial charge in [0.1, 0.15) is 0 Å². The Morgan fingerprint density at radius 1 is 1.25 bits per heavy atom. The summed E-state index contributed by atoms with van der Waals surface area (Å²) >= 11 is 0. The Kier molecular flexibility index (Phi) is 10.3. The Morgan fingerprint density at radius 2 is 1.94 bits per heavy atom. The lowest BCUT2D eigenvalue weighted by Crippen LogP contribution is -2.29. The van der Waals surface area contributed by atoms with E-state index in [1.807, 2.05) is 0 Å². The van der Waals surface area contributed by atoms with E-state index in [0.717, 1.165) is 24.5 Å². The monoisotopic (exact) mass is 247 g/mol. The average molecular weight is 247 g/mol. The Balaban J connectivity index is 3.57. The summed E-state index contributed by atoms with van der Waals surface area (Å²) in [6.45, 7) is 9.79. The summed E-state index contributed by atoms with van der Waals surface area (Å²) in [6.07, 6.45) is 4.63. The smallest absolute Gasteiger partial charge is 0.0257 e. The number of hydrogen-bond donors (Lipinski definition) is 1. The van der Waals surface area contributed by atoms with Crippen molar-refractivity contribution in [3.05, 3.63) is 0 Å². The van der Waals surface area contributed by atoms with Gasteiger partial charge in [0.05, 0.1) is 0 Å². The van der Waals surface area contributed by atoms with Gasteiger partial charge in [-0.05, 0) is 38.1 Å². The van der Waals surface area contributed by atoms with E-state index in [1.165, 1.54) is 19.3 Å². The maximum absolute atomic E-state index is 11.6. The van der Waals surface area contributed by atoms with Crippen LogP contribution in [0.25, 0.3) is 0 Å². The lowest BCUT2D eigenvalue weighted by atomic mass is 10.1. The van der Waals surface area contributed by atoms with Gasteiger partial charge in [0.25, 0.3) is 0 Å². The van der Waals surface area contributed by atoms with Crippen molar-refractivity contribution >= 4 is 10.8 Å². The molecular weight excluding hydrogens is 218 g/mol. The van der Waals surface area contributed by atoms with Gasteiger partial charge >= 0.3 is 0 Å². The first-order valence-corrected chi connectivity index (χ1v) is 8.17. The van der Waals surface area contributed by atoms with E-state index in [-0.39, 0.29) is 0 Å². The van der Waals surface area contributed by atoms with Gasteiger partial charge in [-0.1, -0.05) is 27.7 Å². The predicted molar refractivity (Wildman–Crippen MR) is 74.3 cm³/mol. The van der Waals surface area contributed by atoms with Gasteiger partial charge in [-0.2, -0.15) is 0 Å². The van der Waals surface area contributed by atoms with Crippen LogP contribution in [0.4, 0.5) is 0 Å². The second-order valence-corrected chi connectivity index (χ2v) is 6.53. The molecule has 1 N–H and O–H groups in total. The highest BCUT2D eigenvalue weighted by Crippen LogP contribution is 2.05. The first-order chi connectivity index (χ1) is 7.60. The van der Waals surface area contributed by atoms with Crippen molar-refractivity contribution in [3.63, 3.8) is 0 Å². The molecule has 0 aromatic heterocycles. The third-order valence-electron chi connectivity index (χ3n) is 2.62. The van der Waals surface area contributed by atoms with Gasteiger partial charge in [0.15, 0.2) is 0 Å². The molecule has 0 fully saturated rings. The fourth-order valence-corrected chi connectivity index (χ4v) is 3.14. The molecule has 0 amide bonds. The quantitative estimate of drug-likeness (QED) is 0.643. The molecule has 0 aromatic carbocycles. The zero-order valence-corrected chi connectivity index (χ0v) is 12.2. The van der Waals surface area contributed by atoms with Crippen LogP contribution in [-0.2, 0) is 10.8 Å². The van der Waals surface area contributed by atoms with Crippen molar-refractivity contribution in [1.82, 2.24) is 5.32 Å². The number of hydrogen-bond acceptors (Lipinski definition) is 2. The van der Waals surface area contributed by atoms with Gasteiger partial charge in [-0.15, -0.1) is 0 Å². The van der Waals surface area contributed by atoms with Crippen molar-refractivity contribution < 1.29 is 4.21 Å². The minimum Gasteiger partial charge on any atom is -0.314 e. The highest BCUT2D eigenvalue weighted by Gasteiger charge is 2.07. The van der Waals surface area contributed by atoms with Gasteiger partial charge in [-0.25, -0.2) is 0 Å². The van der Waals surface area contributed by atoms with Gasteiger partial charge in [-0.3, -0.25) is 4.21 Å². The van der Waals surface area contributed by atoms with Crippen LogP contribution in [0.2, 0.25) is 0 Å². The van der Waals surface area contributed by atoms with E-state index in [1.54, 1.807) is 0 Å². The third-order valence-corrected chi connectivity index (χ3v) is 4.40. The predicted octanol–water partition coefficient (Wildman–Crippen LogP) is 2.95. The van der Waals surface area contributed by atoms with E-state index in [2.05, 4.69) is 33.0 Å². The minimum atomic E-state index is -0.602. The topological polar surface area (TPSA) is 29.1 Å². The van der Waals surface area contributed by atoms with Crippen molar-refractivity contribution in [3.8, 4) is 0 Å². The molecular formula is C13H29NOS. The summed E-state index contributed by atoms with van der Waals surface area (Å²) in [5.74, 6) is 2.29. The van der Waals surface area contributed by atoms with Crippen LogP contribution in [0, 0.1) is 5.92 Å². The van der Waals surface area contributed by atoms with Crippen LogP contribution in [0.15, 0.2) is 0 Å². The van der Waals surface area contributed by atoms with Crippen molar-refractivity contribution in [2.75, 3.05) is 18.1 Å². The van der Waals surface area contributed by atoms with Crippen LogP contribution in [0.5, 0.6) is 0 Å². The summed E-state index contributed by atoms with van der Waals surface area (Å²) in [5.41, 5.74) is 0. The molecule has 0 bridgehead atoms. The Hall–Kier alpha value is 0.110. The SMILES string of the molecule is CCCNC(CC)CCCS(=O)CC(C)C. The molecule has 0 spiro atoms. The highest BCUT2D eigenvalue weighted by molar-refractivity contribution is 7.84. The highest BCUT2D eigenvalue weighted by atomic mass is 32.2. The Labute approximate surface area is 104 Å². The second-order valence-electron chi connectivity index (χ2n) is 4.91. The van der Waals surface area contributed by atoms with Crippen LogP contribution < -0.4 is 5.32 Å². The van der Waals surface area contributed by atoms with Crippen molar-refractivity contribution in [1.29, 1.82) is 0 Å². The molecule has 2 unspecified atom stereocenters. The largest absolute Gasteiger partial charge is 0.314 e. The summed E-state index contributed by atoms with van der Waals surface area (Å²) in [5, 5.41) is 3.53. The Morgan fingerprint density at radius 3 is 2.44 bits per heavy atom. The molecule has 0 aliphatic carbocycles. The van der Waals surface area contributed by atoms with Crippen LogP contribution in [0.1, 0.15) is 53.4 Å². The summed E-state index contributed by atoms with van der Waals surface area (Å²) < 4.78 is 11.6. The maximum atomic E-state index is 11.6. The molecule has 16 heavy (non-hydrogen) atoms. The van der Waals surface area contributed by atoms with Gasteiger partial charge in [0.2, 0.25) is 0 Å². The molecule has 0 saturated carbocycles. The number of rotatable bonds is 10. The van der Waals surface area contributed by atoms with E-state index < -0.39 is 10.8 Å². The lowest BCUT2D eigenvalue weighted by molar-refractivity contribution is 0.464. The van der Waals surface area contributed by atoms with Crippen LogP contribution in [0.3, 0.4) is 0 Å². The molecule has 0 aliphatic heterocycles. The lowest BCUT2D eigenvalue weighted by Gasteiger charge is -2.16. The average Bonchev–Trinajstić information content (AvgIpc) is 2.22. The standard InChI is InChI=1S/C13H29NOS/c1-5-9-14-13(6-2)8-7-10-16(15)11-12(3)4/h12-14H,5-11H2,1-4H3. The summed E-state index contributed by atoms with van der Waals surface area (Å²) in [4.78, 5) is 0. The van der Waals surface area contributed by atoms with E-state index in [0.29, 0.717) is 12.0 Å². The van der Waals surface area contributed by atoms with Crippen molar-refractivity contribution in [2.45, 2.75) is 59.4 Å². The summed E-state index contributed by atoms with van der Waals surface area (Å²) in [7, 11) is -0.602. The Bertz CT molecular complexity index is 183. The van der Waals surface area contributed by atoms with E-state index >= 15 is 0 Å². The fourth-order valence-electron chi connectivity index (χ4n) is 1.74. The van der Waals surface area contributed by atoms with Gasteiger partial charge in [0, 0.05) is 28.3 Å². The molecule has 2 atom stereocenters. The molecule has 3 heteroatoms. The number of nitrogens with one attached hydrogen (secondary N) is 1. The zero-order valence-electron chi connectivity index (χ0n) is 11.4. The van der Waals surface area contributed by atoms with E-state index in [4.69, 9.17) is 0 Å². The normalized spacial score (nSPS) is 15.3. The van der Waals surface area contributed by atoms with E-state index in [9.17, 15) is 4.21 Å². The summed E-state index contributed by atoms with van der Waals surface area (Å²) in [6, 6.07) is 0.621. The molecule has 98 valence electrons. The molecule has 0 radical (unpaired) electrons. The molecule has 0 rings (SSSR count). The fraction of sp³-hybridized carbons (Fsp3) is 1.00. The molecule has 0 aliphatic rings. The van der Waals surface area contributed by atoms with Crippen LogP contribution in [-0.4, -0.2) is 28.3 Å². The molecule has 2 nitrogen and oxygen atoms in total. The third kappa shape index (κ3) is 9.34. The molecule has 0 heterocycles. The van der Waals surface area contributed by atoms with Crippen molar-refractivity contribution in [2.24, 2.45) is 5.92 Å². The molecule has 0 saturated heterocycles. The van der Waals surface area contributed by atoms with Crippen LogP contribution >= 0.6 is 0 Å². The maximum Gasteiger partial charge on any atom is 0.0257 e. The molecule has 0 aromatic rings. The first kappa shape index (κ1) is 16.1. The van der Waals surface area contributed by atoms with Gasteiger partial charge < -0.3 is 5.32 Å².